The number of amidine groups is 1. The molecule has 0 bridgehead atoms. The van der Waals surface area contributed by atoms with E-state index in [0.717, 1.165) is 17.3 Å². The molecule has 2 heterocycles. The van der Waals surface area contributed by atoms with Crippen LogP contribution < -0.4 is 14.7 Å². The minimum absolute atomic E-state index is 0.147. The van der Waals surface area contributed by atoms with E-state index >= 15 is 0 Å². The van der Waals surface area contributed by atoms with Crippen molar-refractivity contribution >= 4 is 40.4 Å². The molecule has 0 aliphatic carbocycles. The molecule has 5 rings (SSSR count). The summed E-state index contributed by atoms with van der Waals surface area (Å²) in [5.41, 5.74) is 2.17. The number of hydrogen-bond donors (Lipinski definition) is 0. The Morgan fingerprint density at radius 3 is 2.32 bits per heavy atom. The molecule has 0 radical (unpaired) electrons. The van der Waals surface area contributed by atoms with Gasteiger partial charge in [0.25, 0.3) is 5.91 Å². The van der Waals surface area contributed by atoms with Gasteiger partial charge in [-0.2, -0.15) is 0 Å². The Labute approximate surface area is 216 Å². The summed E-state index contributed by atoms with van der Waals surface area (Å²) in [7, 11) is 0. The van der Waals surface area contributed by atoms with Gasteiger partial charge < -0.3 is 9.63 Å². The molecule has 1 aliphatic rings. The first-order chi connectivity index (χ1) is 18.1. The number of nitrogens with zero attached hydrogens (tertiary/aromatic N) is 4. The first kappa shape index (κ1) is 24.0. The maximum Gasteiger partial charge on any atom is 0.307 e. The van der Waals surface area contributed by atoms with Crippen LogP contribution in [0.5, 0.6) is 5.95 Å². The molecule has 1 amide bonds. The smallest absolute Gasteiger partial charge is 0.307 e. The number of benzene rings is 3. The highest BCUT2D eigenvalue weighted by molar-refractivity contribution is 8.14. The predicted molar refractivity (Wildman–Crippen MR) is 139 cm³/mol. The van der Waals surface area contributed by atoms with Crippen molar-refractivity contribution in [3.63, 3.8) is 0 Å². The van der Waals surface area contributed by atoms with E-state index in [-0.39, 0.29) is 23.1 Å². The number of thioether (sulfide) groups is 1. The van der Waals surface area contributed by atoms with Crippen LogP contribution in [-0.2, 0) is 4.79 Å². The van der Waals surface area contributed by atoms with E-state index in [4.69, 9.17) is 4.52 Å². The Hall–Kier alpha value is -4.76. The molecular formula is C28H20N4O4S. The van der Waals surface area contributed by atoms with Crippen molar-refractivity contribution in [1.82, 2.24) is 5.27 Å². The molecule has 1 aliphatic heterocycles. The largest absolute Gasteiger partial charge is 0.539 e. The molecule has 8 nitrogen and oxygen atoms in total. The summed E-state index contributed by atoms with van der Waals surface area (Å²) in [6, 6.07) is 27.5. The van der Waals surface area contributed by atoms with Crippen LogP contribution in [0.15, 0.2) is 118 Å². The number of Topliss-reactive ketones (excluding diaryl/α,β-unsaturated/α-hetero) is 1. The van der Waals surface area contributed by atoms with Crippen molar-refractivity contribution in [2.24, 2.45) is 4.99 Å². The minimum Gasteiger partial charge on any atom is -0.539 e. The number of ketones is 1. The van der Waals surface area contributed by atoms with E-state index in [1.165, 1.54) is 9.58 Å². The van der Waals surface area contributed by atoms with E-state index in [1.54, 1.807) is 48.6 Å². The quantitative estimate of drug-likeness (QED) is 0.213. The van der Waals surface area contributed by atoms with Gasteiger partial charge in [0.2, 0.25) is 11.5 Å². The second-order valence-corrected chi connectivity index (χ2v) is 8.80. The third-order valence-corrected chi connectivity index (χ3v) is 6.33. The fraction of sp³-hybridized carbons (Fsp3) is 0.0357. The number of anilines is 1. The molecule has 0 spiro atoms. The van der Waals surface area contributed by atoms with Crippen molar-refractivity contribution < 1.29 is 23.9 Å². The zero-order chi connectivity index (χ0) is 25.6. The van der Waals surface area contributed by atoms with E-state index in [9.17, 15) is 14.7 Å². The lowest BCUT2D eigenvalue weighted by atomic mass is 10.2. The van der Waals surface area contributed by atoms with Gasteiger partial charge in [0.15, 0.2) is 11.1 Å². The number of para-hydroxylation sites is 2. The molecule has 0 N–H and O–H groups in total. The first-order valence-electron chi connectivity index (χ1n) is 11.3. The maximum absolute atomic E-state index is 13.3. The molecule has 0 saturated heterocycles. The Morgan fingerprint density at radius 2 is 1.62 bits per heavy atom. The van der Waals surface area contributed by atoms with Gasteiger partial charge in [-0.1, -0.05) is 90.6 Å². The van der Waals surface area contributed by atoms with Crippen molar-refractivity contribution in [1.29, 1.82) is 0 Å². The predicted octanol–water partition coefficient (Wildman–Crippen LogP) is 3.94. The monoisotopic (exact) mass is 508 g/mol. The molecule has 0 atom stereocenters. The lowest BCUT2D eigenvalue weighted by Crippen LogP contribution is -2.39. The maximum atomic E-state index is 13.3. The summed E-state index contributed by atoms with van der Waals surface area (Å²) in [5, 5.41) is 16.3. The summed E-state index contributed by atoms with van der Waals surface area (Å²) >= 11 is 1.06. The van der Waals surface area contributed by atoms with Crippen LogP contribution in [-0.4, -0.2) is 27.9 Å². The van der Waals surface area contributed by atoms with E-state index in [1.807, 2.05) is 60.7 Å². The molecule has 0 saturated carbocycles. The van der Waals surface area contributed by atoms with Gasteiger partial charge >= 0.3 is 5.69 Å². The first-order valence-corrected chi connectivity index (χ1v) is 12.3. The highest BCUT2D eigenvalue weighted by atomic mass is 32.2. The van der Waals surface area contributed by atoms with Gasteiger partial charge in [-0.15, -0.1) is 0 Å². The van der Waals surface area contributed by atoms with Gasteiger partial charge in [-0.05, 0) is 28.5 Å². The standard InChI is InChI=1S/C28H20N4O4S/c33-24(25-27(35)36-30-32(25)22-16-8-3-9-17-22)19-37-28-29-23(18-10-13-20-11-4-1-5-12-20)26(34)31(28)21-14-6-2-7-15-21/h1-18H,19H2/b13-10+,23-18+. The fourth-order valence-electron chi connectivity index (χ4n) is 3.65. The number of carbonyl (C=O) groups excluding carboxylic acids is 2. The highest BCUT2D eigenvalue weighted by Gasteiger charge is 2.34. The van der Waals surface area contributed by atoms with Crippen LogP contribution in [0.25, 0.3) is 11.8 Å². The molecule has 4 aromatic rings. The molecule has 0 fully saturated rings. The van der Waals surface area contributed by atoms with Crippen molar-refractivity contribution in [2.75, 3.05) is 10.7 Å². The number of rotatable bonds is 7. The van der Waals surface area contributed by atoms with Crippen LogP contribution in [0.1, 0.15) is 16.1 Å². The normalized spacial score (nSPS) is 14.5. The van der Waals surface area contributed by atoms with E-state index in [2.05, 4.69) is 10.3 Å². The minimum atomic E-state index is -0.828. The summed E-state index contributed by atoms with van der Waals surface area (Å²) < 4.78 is 5.95. The Bertz CT molecular complexity index is 1510. The number of aromatic nitrogens is 2. The Kier molecular flexibility index (Phi) is 7.05. The van der Waals surface area contributed by atoms with Crippen LogP contribution in [0.4, 0.5) is 5.69 Å². The molecule has 9 heteroatoms. The average Bonchev–Trinajstić information content (AvgIpc) is 3.48. The summed E-state index contributed by atoms with van der Waals surface area (Å²) in [6.45, 7) is 0. The third-order valence-electron chi connectivity index (χ3n) is 5.39. The Balaban J connectivity index is 1.40. The van der Waals surface area contributed by atoms with Gasteiger partial charge in [0.1, 0.15) is 5.70 Å². The number of carbonyl (C=O) groups is 2. The lowest BCUT2D eigenvalue weighted by Gasteiger charge is -2.17. The van der Waals surface area contributed by atoms with Crippen LogP contribution >= 0.6 is 11.8 Å². The number of amides is 1. The number of hydrogen-bond acceptors (Lipinski definition) is 7. The SMILES string of the molecule is O=C(CSC1=N/C(=C/C=C/c2ccccc2)C(=O)N1c1ccccc1)c1c([O-])on[n+]1-c1ccccc1. The molecule has 3 aromatic carbocycles. The van der Waals surface area contributed by atoms with E-state index < -0.39 is 11.7 Å². The van der Waals surface area contributed by atoms with Gasteiger partial charge in [0, 0.05) is 12.1 Å². The van der Waals surface area contributed by atoms with Crippen LogP contribution in [0.3, 0.4) is 0 Å². The number of aliphatic imine (C=N–C) groups is 1. The average molecular weight is 509 g/mol. The summed E-state index contributed by atoms with van der Waals surface area (Å²) in [6.07, 6.45) is 5.28. The second kappa shape index (κ2) is 10.9. The Morgan fingerprint density at radius 1 is 0.973 bits per heavy atom. The van der Waals surface area contributed by atoms with Crippen molar-refractivity contribution in [2.45, 2.75) is 0 Å². The third kappa shape index (κ3) is 5.26. The topological polar surface area (TPSA) is 103 Å². The molecule has 37 heavy (non-hydrogen) atoms. The number of allylic oxidation sites excluding steroid dienone is 2. The van der Waals surface area contributed by atoms with Crippen molar-refractivity contribution in [3.8, 4) is 11.6 Å². The van der Waals surface area contributed by atoms with Crippen molar-refractivity contribution in [3.05, 3.63) is 120 Å². The molecular weight excluding hydrogens is 488 g/mol. The van der Waals surface area contributed by atoms with Gasteiger partial charge in [0.05, 0.1) is 16.7 Å². The summed E-state index contributed by atoms with van der Waals surface area (Å²) in [4.78, 5) is 32.3. The second-order valence-electron chi connectivity index (χ2n) is 7.86. The molecule has 1 aromatic heterocycles. The van der Waals surface area contributed by atoms with Gasteiger partial charge in [-0.3, -0.25) is 14.5 Å². The zero-order valence-electron chi connectivity index (χ0n) is 19.4. The molecule has 182 valence electrons. The van der Waals surface area contributed by atoms with Crippen LogP contribution in [0.2, 0.25) is 0 Å². The zero-order valence-corrected chi connectivity index (χ0v) is 20.2. The van der Waals surface area contributed by atoms with Gasteiger partial charge in [-0.25, -0.2) is 4.99 Å². The van der Waals surface area contributed by atoms with E-state index in [0.29, 0.717) is 16.5 Å². The molecule has 0 unspecified atom stereocenters. The highest BCUT2D eigenvalue weighted by Crippen LogP contribution is 2.29. The summed E-state index contributed by atoms with van der Waals surface area (Å²) in [5.74, 6) is -1.78. The lowest BCUT2D eigenvalue weighted by molar-refractivity contribution is -0.672. The fourth-order valence-corrected chi connectivity index (χ4v) is 4.53. The van der Waals surface area contributed by atoms with Crippen LogP contribution in [0, 0.1) is 0 Å².